The number of hydrogen-bond acceptors (Lipinski definition) is 6. The van der Waals surface area contributed by atoms with Crippen LogP contribution in [0.15, 0.2) is 12.4 Å². The van der Waals surface area contributed by atoms with Gasteiger partial charge in [-0.25, -0.2) is 0 Å². The van der Waals surface area contributed by atoms with Gasteiger partial charge in [0.15, 0.2) is 0 Å². The molecule has 0 aliphatic rings. The van der Waals surface area contributed by atoms with Gasteiger partial charge in [-0.3, -0.25) is 20.9 Å². The second kappa shape index (κ2) is 6.11. The molecule has 7 nitrogen and oxygen atoms in total. The molecule has 0 saturated heterocycles. The first-order valence-corrected chi connectivity index (χ1v) is 6.72. The number of hydrogen-bond donors (Lipinski definition) is 3. The molecule has 1 unspecified atom stereocenters. The molecule has 0 fully saturated rings. The Morgan fingerprint density at radius 1 is 1.38 bits per heavy atom. The SMILES string of the molecule is COc1c(C)cnc(CC(NN)c2cnn(C)c2N)c1C. The Balaban J connectivity index is 2.33. The van der Waals surface area contributed by atoms with Gasteiger partial charge in [0.1, 0.15) is 11.6 Å². The van der Waals surface area contributed by atoms with Crippen molar-refractivity contribution in [1.29, 1.82) is 0 Å². The van der Waals surface area contributed by atoms with E-state index in [0.717, 1.165) is 28.1 Å². The fraction of sp³-hybridized carbons (Fsp3) is 0.429. The smallest absolute Gasteiger partial charge is 0.128 e. The van der Waals surface area contributed by atoms with Crippen LogP contribution in [0.1, 0.15) is 28.4 Å². The van der Waals surface area contributed by atoms with E-state index in [9.17, 15) is 0 Å². The Morgan fingerprint density at radius 3 is 2.62 bits per heavy atom. The number of hydrazine groups is 1. The highest BCUT2D eigenvalue weighted by Gasteiger charge is 2.19. The minimum absolute atomic E-state index is 0.155. The second-order valence-corrected chi connectivity index (χ2v) is 5.08. The number of aromatic nitrogens is 3. The van der Waals surface area contributed by atoms with Crippen molar-refractivity contribution >= 4 is 5.82 Å². The van der Waals surface area contributed by atoms with Crippen LogP contribution in [0.3, 0.4) is 0 Å². The summed E-state index contributed by atoms with van der Waals surface area (Å²) in [5.41, 5.74) is 12.6. The third-order valence-corrected chi connectivity index (χ3v) is 3.74. The monoisotopic (exact) mass is 290 g/mol. The van der Waals surface area contributed by atoms with Crippen molar-refractivity contribution in [2.75, 3.05) is 12.8 Å². The molecule has 0 spiro atoms. The molecule has 7 heteroatoms. The molecule has 1 atom stereocenters. The first-order chi connectivity index (χ1) is 9.99. The maximum Gasteiger partial charge on any atom is 0.128 e. The molecule has 0 aliphatic heterocycles. The third-order valence-electron chi connectivity index (χ3n) is 3.74. The second-order valence-electron chi connectivity index (χ2n) is 5.08. The Hall–Kier alpha value is -2.12. The molecular weight excluding hydrogens is 268 g/mol. The lowest BCUT2D eigenvalue weighted by molar-refractivity contribution is 0.406. The van der Waals surface area contributed by atoms with Gasteiger partial charge in [0.05, 0.1) is 19.3 Å². The standard InChI is InChI=1S/C14H22N6O/c1-8-6-17-11(9(2)13(8)21-4)5-12(19-16)10-7-18-20(3)14(10)15/h6-7,12,19H,5,15-16H2,1-4H3. The summed E-state index contributed by atoms with van der Waals surface area (Å²) < 4.78 is 7.05. The number of nitrogens with zero attached hydrogens (tertiary/aromatic N) is 3. The average molecular weight is 290 g/mol. The number of rotatable bonds is 5. The van der Waals surface area contributed by atoms with Crippen molar-refractivity contribution in [3.8, 4) is 5.75 Å². The molecule has 0 radical (unpaired) electrons. The third kappa shape index (κ3) is 2.84. The zero-order valence-electron chi connectivity index (χ0n) is 12.8. The van der Waals surface area contributed by atoms with E-state index in [1.54, 1.807) is 31.2 Å². The van der Waals surface area contributed by atoms with Gasteiger partial charge in [0.25, 0.3) is 0 Å². The Bertz CT molecular complexity index is 637. The van der Waals surface area contributed by atoms with E-state index in [1.807, 2.05) is 13.8 Å². The van der Waals surface area contributed by atoms with Gasteiger partial charge in [-0.1, -0.05) is 0 Å². The molecular formula is C14H22N6O. The highest BCUT2D eigenvalue weighted by molar-refractivity contribution is 5.44. The fourth-order valence-corrected chi connectivity index (χ4v) is 2.46. The van der Waals surface area contributed by atoms with Crippen LogP contribution in [0.5, 0.6) is 5.75 Å². The summed E-state index contributed by atoms with van der Waals surface area (Å²) in [5, 5.41) is 4.15. The van der Waals surface area contributed by atoms with Crippen LogP contribution in [-0.4, -0.2) is 21.9 Å². The first-order valence-electron chi connectivity index (χ1n) is 6.72. The van der Waals surface area contributed by atoms with E-state index in [0.29, 0.717) is 12.2 Å². The van der Waals surface area contributed by atoms with Crippen LogP contribution < -0.4 is 21.7 Å². The molecule has 2 rings (SSSR count). The van der Waals surface area contributed by atoms with Gasteiger partial charge in [0, 0.05) is 42.0 Å². The van der Waals surface area contributed by atoms with Crippen molar-refractivity contribution in [2.45, 2.75) is 26.3 Å². The van der Waals surface area contributed by atoms with Gasteiger partial charge in [0.2, 0.25) is 0 Å². The summed E-state index contributed by atoms with van der Waals surface area (Å²) >= 11 is 0. The Labute approximate surface area is 124 Å². The minimum Gasteiger partial charge on any atom is -0.496 e. The van der Waals surface area contributed by atoms with Gasteiger partial charge < -0.3 is 10.5 Å². The lowest BCUT2D eigenvalue weighted by atomic mass is 10.0. The average Bonchev–Trinajstić information content (AvgIpc) is 2.79. The highest BCUT2D eigenvalue weighted by Crippen LogP contribution is 2.28. The van der Waals surface area contributed by atoms with Crippen molar-refractivity contribution < 1.29 is 4.74 Å². The van der Waals surface area contributed by atoms with Gasteiger partial charge in [-0.2, -0.15) is 5.10 Å². The summed E-state index contributed by atoms with van der Waals surface area (Å²) in [5.74, 6) is 7.13. The summed E-state index contributed by atoms with van der Waals surface area (Å²) in [7, 11) is 3.46. The number of ether oxygens (including phenoxy) is 1. The summed E-state index contributed by atoms with van der Waals surface area (Å²) in [6.07, 6.45) is 4.14. The molecule has 2 heterocycles. The highest BCUT2D eigenvalue weighted by atomic mass is 16.5. The number of methoxy groups -OCH3 is 1. The van der Waals surface area contributed by atoms with Gasteiger partial charge >= 0.3 is 0 Å². The Morgan fingerprint density at radius 2 is 2.10 bits per heavy atom. The van der Waals surface area contributed by atoms with E-state index in [2.05, 4.69) is 15.5 Å². The minimum atomic E-state index is -0.155. The van der Waals surface area contributed by atoms with Crippen LogP contribution in [0.2, 0.25) is 0 Å². The summed E-state index contributed by atoms with van der Waals surface area (Å²) in [6.45, 7) is 3.97. The number of aryl methyl sites for hydroxylation is 2. The molecule has 0 aromatic carbocycles. The predicted octanol–water partition coefficient (Wildman–Crippen LogP) is 0.770. The number of nitrogen functional groups attached to an aromatic ring is 1. The zero-order chi connectivity index (χ0) is 15.6. The molecule has 0 saturated carbocycles. The van der Waals surface area contributed by atoms with E-state index in [-0.39, 0.29) is 6.04 Å². The maximum atomic E-state index is 6.01. The topological polar surface area (TPSA) is 104 Å². The molecule has 0 bridgehead atoms. The number of nitrogens with two attached hydrogens (primary N) is 2. The number of pyridine rings is 1. The normalized spacial score (nSPS) is 12.4. The van der Waals surface area contributed by atoms with Crippen molar-refractivity contribution in [3.63, 3.8) is 0 Å². The number of anilines is 1. The lowest BCUT2D eigenvalue weighted by Gasteiger charge is -2.18. The summed E-state index contributed by atoms with van der Waals surface area (Å²) in [6, 6.07) is -0.155. The molecule has 2 aromatic heterocycles. The Kier molecular flexibility index (Phi) is 4.44. The van der Waals surface area contributed by atoms with Crippen LogP contribution in [0.4, 0.5) is 5.82 Å². The van der Waals surface area contributed by atoms with E-state index < -0.39 is 0 Å². The zero-order valence-corrected chi connectivity index (χ0v) is 12.8. The molecule has 0 amide bonds. The molecule has 5 N–H and O–H groups in total. The molecule has 0 aliphatic carbocycles. The van der Waals surface area contributed by atoms with Gasteiger partial charge in [-0.15, -0.1) is 0 Å². The predicted molar refractivity (Wildman–Crippen MR) is 81.7 cm³/mol. The molecule has 21 heavy (non-hydrogen) atoms. The van der Waals surface area contributed by atoms with Crippen LogP contribution in [0, 0.1) is 13.8 Å². The van der Waals surface area contributed by atoms with Crippen molar-refractivity contribution in [2.24, 2.45) is 12.9 Å². The lowest BCUT2D eigenvalue weighted by Crippen LogP contribution is -2.30. The maximum absolute atomic E-state index is 6.01. The van der Waals surface area contributed by atoms with E-state index in [4.69, 9.17) is 16.3 Å². The van der Waals surface area contributed by atoms with Crippen LogP contribution in [-0.2, 0) is 13.5 Å². The molecule has 114 valence electrons. The van der Waals surface area contributed by atoms with Crippen LogP contribution in [0.25, 0.3) is 0 Å². The van der Waals surface area contributed by atoms with E-state index >= 15 is 0 Å². The quantitative estimate of drug-likeness (QED) is 0.555. The first kappa shape index (κ1) is 15.3. The van der Waals surface area contributed by atoms with E-state index in [1.165, 1.54) is 0 Å². The fourth-order valence-electron chi connectivity index (χ4n) is 2.46. The summed E-state index contributed by atoms with van der Waals surface area (Å²) in [4.78, 5) is 4.49. The van der Waals surface area contributed by atoms with Crippen molar-refractivity contribution in [1.82, 2.24) is 20.2 Å². The van der Waals surface area contributed by atoms with Gasteiger partial charge in [-0.05, 0) is 13.8 Å². The molecule has 2 aromatic rings. The van der Waals surface area contributed by atoms with Crippen LogP contribution >= 0.6 is 0 Å². The largest absolute Gasteiger partial charge is 0.496 e. The number of nitrogens with one attached hydrogen (secondary N) is 1. The van der Waals surface area contributed by atoms with Crippen molar-refractivity contribution in [3.05, 3.63) is 34.8 Å².